The maximum atomic E-state index is 5.59. The molecule has 0 aliphatic carbocycles. The Labute approximate surface area is 66.0 Å². The van der Waals surface area contributed by atoms with E-state index in [9.17, 15) is 0 Å². The molecule has 1 aliphatic rings. The van der Waals surface area contributed by atoms with Gasteiger partial charge in [0.1, 0.15) is 6.17 Å². The first kappa shape index (κ1) is 7.84. The molecule has 0 aromatic rings. The Morgan fingerprint density at radius 1 is 1.55 bits per heavy atom. The Kier molecular flexibility index (Phi) is 1.98. The van der Waals surface area contributed by atoms with Gasteiger partial charge in [0.25, 0.3) is 0 Å². The van der Waals surface area contributed by atoms with Crippen LogP contribution in [-0.2, 0) is 0 Å². The summed E-state index contributed by atoms with van der Waals surface area (Å²) in [5, 5.41) is 2.93. The van der Waals surface area contributed by atoms with E-state index in [4.69, 9.17) is 5.73 Å². The number of hydrogen-bond donors (Lipinski definition) is 2. The van der Waals surface area contributed by atoms with Crippen LogP contribution in [0.1, 0.15) is 6.92 Å². The summed E-state index contributed by atoms with van der Waals surface area (Å²) in [6, 6.07) is 0. The van der Waals surface area contributed by atoms with Crippen molar-refractivity contribution in [2.75, 3.05) is 14.1 Å². The van der Waals surface area contributed by atoms with Crippen LogP contribution in [0, 0.1) is 0 Å². The molecule has 0 aromatic carbocycles. The quantitative estimate of drug-likeness (QED) is 0.479. The molecule has 1 atom stereocenters. The van der Waals surface area contributed by atoms with Crippen LogP contribution in [-0.4, -0.2) is 37.1 Å². The molecule has 0 fully saturated rings. The van der Waals surface area contributed by atoms with Crippen molar-refractivity contribution in [2.45, 2.75) is 13.1 Å². The minimum atomic E-state index is -0.0753. The average molecular weight is 155 g/mol. The van der Waals surface area contributed by atoms with Crippen LogP contribution < -0.4 is 11.1 Å². The van der Waals surface area contributed by atoms with Crippen LogP contribution in [0.25, 0.3) is 0 Å². The molecule has 1 rings (SSSR count). The third kappa shape index (κ3) is 1.42. The molecule has 11 heavy (non-hydrogen) atoms. The van der Waals surface area contributed by atoms with Gasteiger partial charge in [-0.05, 0) is 6.92 Å². The van der Waals surface area contributed by atoms with E-state index in [1.165, 1.54) is 0 Å². The van der Waals surface area contributed by atoms with Gasteiger partial charge in [0.05, 0.1) is 0 Å². The SMILES string of the molecule is CNC1=N[C@@H](C)N=C(N)N1C. The van der Waals surface area contributed by atoms with E-state index in [1.54, 1.807) is 11.9 Å². The molecular weight excluding hydrogens is 142 g/mol. The summed E-state index contributed by atoms with van der Waals surface area (Å²) in [6.45, 7) is 1.89. The number of hydrogen-bond acceptors (Lipinski definition) is 5. The molecule has 0 saturated carbocycles. The van der Waals surface area contributed by atoms with E-state index in [2.05, 4.69) is 15.3 Å². The van der Waals surface area contributed by atoms with Crippen molar-refractivity contribution >= 4 is 11.9 Å². The number of nitrogens with two attached hydrogens (primary N) is 1. The van der Waals surface area contributed by atoms with Crippen LogP contribution in [0.15, 0.2) is 9.98 Å². The van der Waals surface area contributed by atoms with Crippen LogP contribution in [0.4, 0.5) is 0 Å². The second-order valence-electron chi connectivity index (χ2n) is 2.38. The fourth-order valence-corrected chi connectivity index (χ4v) is 0.911. The van der Waals surface area contributed by atoms with E-state index in [0.717, 1.165) is 5.96 Å². The molecule has 1 aliphatic heterocycles. The van der Waals surface area contributed by atoms with E-state index in [1.807, 2.05) is 14.0 Å². The zero-order valence-electron chi connectivity index (χ0n) is 7.00. The topological polar surface area (TPSA) is 66.0 Å². The lowest BCUT2D eigenvalue weighted by Gasteiger charge is -2.24. The fraction of sp³-hybridized carbons (Fsp3) is 0.667. The van der Waals surface area contributed by atoms with Crippen LogP contribution in [0.3, 0.4) is 0 Å². The maximum absolute atomic E-state index is 5.59. The first-order valence-electron chi connectivity index (χ1n) is 3.47. The molecule has 0 radical (unpaired) electrons. The Hall–Kier alpha value is -1.26. The highest BCUT2D eigenvalue weighted by Crippen LogP contribution is 2.00. The van der Waals surface area contributed by atoms with Crippen molar-refractivity contribution in [3.63, 3.8) is 0 Å². The molecule has 0 amide bonds. The molecule has 1 heterocycles. The van der Waals surface area contributed by atoms with E-state index < -0.39 is 0 Å². The van der Waals surface area contributed by atoms with Gasteiger partial charge in [-0.3, -0.25) is 4.90 Å². The zero-order chi connectivity index (χ0) is 8.43. The lowest BCUT2D eigenvalue weighted by Crippen LogP contribution is -2.47. The normalized spacial score (nSPS) is 24.3. The molecule has 0 saturated heterocycles. The summed E-state index contributed by atoms with van der Waals surface area (Å²) in [6.07, 6.45) is -0.0753. The first-order chi connectivity index (χ1) is 5.15. The predicted octanol–water partition coefficient (Wildman–Crippen LogP) is -0.832. The number of nitrogens with one attached hydrogen (secondary N) is 1. The minimum Gasteiger partial charge on any atom is -0.369 e. The highest BCUT2D eigenvalue weighted by atomic mass is 15.4. The van der Waals surface area contributed by atoms with E-state index >= 15 is 0 Å². The monoisotopic (exact) mass is 155 g/mol. The van der Waals surface area contributed by atoms with E-state index in [-0.39, 0.29) is 6.17 Å². The molecule has 0 aromatic heterocycles. The van der Waals surface area contributed by atoms with Gasteiger partial charge in [-0.25, -0.2) is 9.98 Å². The molecule has 0 spiro atoms. The molecule has 5 nitrogen and oxygen atoms in total. The third-order valence-electron chi connectivity index (χ3n) is 1.51. The number of aliphatic imine (C=N–C) groups is 2. The summed E-state index contributed by atoms with van der Waals surface area (Å²) in [5.41, 5.74) is 5.59. The second-order valence-corrected chi connectivity index (χ2v) is 2.38. The molecule has 62 valence electrons. The number of nitrogens with zero attached hydrogens (tertiary/aromatic N) is 3. The van der Waals surface area contributed by atoms with Crippen LogP contribution in [0.2, 0.25) is 0 Å². The van der Waals surface area contributed by atoms with Crippen molar-refractivity contribution < 1.29 is 0 Å². The Morgan fingerprint density at radius 2 is 2.18 bits per heavy atom. The summed E-state index contributed by atoms with van der Waals surface area (Å²) in [7, 11) is 3.63. The van der Waals surface area contributed by atoms with Crippen LogP contribution >= 0.6 is 0 Å². The standard InChI is InChI=1S/C6H13N5/c1-4-9-5(7)11(3)6(8-2)10-4/h4H,1-3H3,(H2,7,9)(H,8,10)/t4-/m0/s1. The molecular formula is C6H13N5. The molecule has 0 bridgehead atoms. The van der Waals surface area contributed by atoms with Gasteiger partial charge in [0.2, 0.25) is 5.96 Å². The summed E-state index contributed by atoms with van der Waals surface area (Å²) in [4.78, 5) is 9.96. The van der Waals surface area contributed by atoms with Crippen molar-refractivity contribution in [3.05, 3.63) is 0 Å². The van der Waals surface area contributed by atoms with Crippen molar-refractivity contribution in [1.82, 2.24) is 10.2 Å². The largest absolute Gasteiger partial charge is 0.369 e. The number of rotatable bonds is 0. The summed E-state index contributed by atoms with van der Waals surface area (Å²) >= 11 is 0. The van der Waals surface area contributed by atoms with Gasteiger partial charge >= 0.3 is 0 Å². The van der Waals surface area contributed by atoms with Gasteiger partial charge in [-0.1, -0.05) is 0 Å². The highest BCUT2D eigenvalue weighted by molar-refractivity contribution is 5.98. The van der Waals surface area contributed by atoms with Gasteiger partial charge in [-0.15, -0.1) is 0 Å². The van der Waals surface area contributed by atoms with Gasteiger partial charge in [-0.2, -0.15) is 0 Å². The summed E-state index contributed by atoms with van der Waals surface area (Å²) in [5.74, 6) is 1.25. The highest BCUT2D eigenvalue weighted by Gasteiger charge is 2.15. The van der Waals surface area contributed by atoms with Crippen molar-refractivity contribution in [3.8, 4) is 0 Å². The van der Waals surface area contributed by atoms with E-state index in [0.29, 0.717) is 5.96 Å². The fourth-order valence-electron chi connectivity index (χ4n) is 0.911. The predicted molar refractivity (Wildman–Crippen MR) is 45.3 cm³/mol. The molecule has 0 unspecified atom stereocenters. The Morgan fingerprint density at radius 3 is 2.73 bits per heavy atom. The Balaban J connectivity index is 2.81. The smallest absolute Gasteiger partial charge is 0.202 e. The van der Waals surface area contributed by atoms with Gasteiger partial charge in [0.15, 0.2) is 5.96 Å². The summed E-state index contributed by atoms with van der Waals surface area (Å²) < 4.78 is 0. The molecule has 3 N–H and O–H groups in total. The Bertz CT molecular complexity index is 207. The average Bonchev–Trinajstić information content (AvgIpc) is 1.96. The van der Waals surface area contributed by atoms with Gasteiger partial charge in [0, 0.05) is 14.1 Å². The first-order valence-corrected chi connectivity index (χ1v) is 3.47. The van der Waals surface area contributed by atoms with Crippen molar-refractivity contribution in [1.29, 1.82) is 0 Å². The van der Waals surface area contributed by atoms with Crippen molar-refractivity contribution in [2.24, 2.45) is 15.7 Å². The molecule has 5 heteroatoms. The lowest BCUT2D eigenvalue weighted by molar-refractivity contribution is 0.624. The van der Waals surface area contributed by atoms with Gasteiger partial charge < -0.3 is 11.1 Å². The third-order valence-corrected chi connectivity index (χ3v) is 1.51. The minimum absolute atomic E-state index is 0.0753. The zero-order valence-corrected chi connectivity index (χ0v) is 7.00. The second kappa shape index (κ2) is 2.77. The maximum Gasteiger partial charge on any atom is 0.202 e. The van der Waals surface area contributed by atoms with Crippen LogP contribution in [0.5, 0.6) is 0 Å². The number of guanidine groups is 2. The lowest BCUT2D eigenvalue weighted by atomic mass is 10.5.